The molecule has 2 heterocycles. The molecule has 102 valence electrons. The molecule has 0 saturated heterocycles. The first-order valence-electron chi connectivity index (χ1n) is 6.33. The fraction of sp³-hybridized carbons (Fsp3) is 0.286. The van der Waals surface area contributed by atoms with E-state index < -0.39 is 0 Å². The van der Waals surface area contributed by atoms with Crippen molar-refractivity contribution in [2.24, 2.45) is 0 Å². The van der Waals surface area contributed by atoms with Gasteiger partial charge in [0.1, 0.15) is 24.5 Å². The number of nitrogens with one attached hydrogen (secondary N) is 1. The fourth-order valence-electron chi connectivity index (χ4n) is 1.73. The summed E-state index contributed by atoms with van der Waals surface area (Å²) in [7, 11) is 1.97. The van der Waals surface area contributed by atoms with Crippen LogP contribution < -0.4 is 10.2 Å². The van der Waals surface area contributed by atoms with Crippen LogP contribution in [0.5, 0.6) is 0 Å². The SMILES string of the molecule is CN(CCc1ccccn1)c1cc(NCC#N)ncn1. The molecule has 20 heavy (non-hydrogen) atoms. The molecule has 0 aliphatic carbocycles. The first kappa shape index (κ1) is 13.7. The highest BCUT2D eigenvalue weighted by molar-refractivity contribution is 5.48. The smallest absolute Gasteiger partial charge is 0.133 e. The molecule has 0 bridgehead atoms. The van der Waals surface area contributed by atoms with E-state index in [9.17, 15) is 0 Å². The number of hydrogen-bond acceptors (Lipinski definition) is 6. The molecule has 0 amide bonds. The van der Waals surface area contributed by atoms with E-state index in [0.29, 0.717) is 5.82 Å². The van der Waals surface area contributed by atoms with E-state index in [1.54, 1.807) is 6.20 Å². The standard InChI is InChI=1S/C14H16N6/c1-20(9-5-12-4-2-3-7-16-12)14-10-13(17-8-6-15)18-11-19-14/h2-4,7,10-11H,5,8-9H2,1H3,(H,17,18,19). The molecule has 1 N–H and O–H groups in total. The highest BCUT2D eigenvalue weighted by Crippen LogP contribution is 2.12. The fourth-order valence-corrected chi connectivity index (χ4v) is 1.73. The van der Waals surface area contributed by atoms with Crippen LogP contribution in [0.25, 0.3) is 0 Å². The molecule has 2 rings (SSSR count). The molecule has 0 atom stereocenters. The van der Waals surface area contributed by atoms with E-state index >= 15 is 0 Å². The van der Waals surface area contributed by atoms with E-state index in [1.807, 2.05) is 42.3 Å². The van der Waals surface area contributed by atoms with Gasteiger partial charge in [-0.05, 0) is 12.1 Å². The van der Waals surface area contributed by atoms with Crippen molar-refractivity contribution < 1.29 is 0 Å². The second-order valence-corrected chi connectivity index (χ2v) is 4.27. The largest absolute Gasteiger partial charge is 0.359 e. The number of likely N-dealkylation sites (N-methyl/N-ethyl adjacent to an activating group) is 1. The lowest BCUT2D eigenvalue weighted by molar-refractivity contribution is 0.836. The van der Waals surface area contributed by atoms with Crippen LogP contribution in [0.15, 0.2) is 36.8 Å². The van der Waals surface area contributed by atoms with Crippen molar-refractivity contribution >= 4 is 11.6 Å². The maximum Gasteiger partial charge on any atom is 0.133 e. The lowest BCUT2D eigenvalue weighted by Crippen LogP contribution is -2.22. The summed E-state index contributed by atoms with van der Waals surface area (Å²) < 4.78 is 0. The first-order valence-corrected chi connectivity index (χ1v) is 6.33. The van der Waals surface area contributed by atoms with Crippen LogP contribution in [0.1, 0.15) is 5.69 Å². The van der Waals surface area contributed by atoms with Crippen molar-refractivity contribution in [1.82, 2.24) is 15.0 Å². The molecule has 0 radical (unpaired) electrons. The topological polar surface area (TPSA) is 77.7 Å². The van der Waals surface area contributed by atoms with E-state index in [-0.39, 0.29) is 6.54 Å². The minimum atomic E-state index is 0.230. The summed E-state index contributed by atoms with van der Waals surface area (Å²) in [6, 6.07) is 9.75. The average Bonchev–Trinajstić information content (AvgIpc) is 2.52. The molecule has 0 aliphatic rings. The molecule has 0 aromatic carbocycles. The van der Waals surface area contributed by atoms with Gasteiger partial charge in [-0.15, -0.1) is 0 Å². The monoisotopic (exact) mass is 268 g/mol. The van der Waals surface area contributed by atoms with E-state index in [2.05, 4.69) is 20.3 Å². The lowest BCUT2D eigenvalue weighted by atomic mass is 10.2. The van der Waals surface area contributed by atoms with Gasteiger partial charge in [0.2, 0.25) is 0 Å². The van der Waals surface area contributed by atoms with E-state index in [4.69, 9.17) is 5.26 Å². The summed E-state index contributed by atoms with van der Waals surface area (Å²) >= 11 is 0. The number of aromatic nitrogens is 3. The number of anilines is 2. The second kappa shape index (κ2) is 7.04. The zero-order valence-corrected chi connectivity index (χ0v) is 11.3. The Morgan fingerprint density at radius 1 is 1.30 bits per heavy atom. The normalized spacial score (nSPS) is 9.80. The molecule has 0 saturated carbocycles. The van der Waals surface area contributed by atoms with Crippen molar-refractivity contribution in [1.29, 1.82) is 5.26 Å². The van der Waals surface area contributed by atoms with Crippen molar-refractivity contribution in [3.63, 3.8) is 0 Å². The molecule has 6 nitrogen and oxygen atoms in total. The predicted octanol–water partition coefficient (Wildman–Crippen LogP) is 1.49. The van der Waals surface area contributed by atoms with Gasteiger partial charge in [-0.3, -0.25) is 4.98 Å². The van der Waals surface area contributed by atoms with Crippen molar-refractivity contribution in [3.05, 3.63) is 42.5 Å². The number of rotatable bonds is 6. The molecule has 2 aromatic heterocycles. The molecule has 2 aromatic rings. The Kier molecular flexibility index (Phi) is 4.84. The Morgan fingerprint density at radius 3 is 2.95 bits per heavy atom. The molecular formula is C14H16N6. The van der Waals surface area contributed by atoms with Gasteiger partial charge in [-0.2, -0.15) is 5.26 Å². The number of nitrogens with zero attached hydrogens (tertiary/aromatic N) is 5. The Bertz CT molecular complexity index is 578. The first-order chi connectivity index (χ1) is 9.79. The summed E-state index contributed by atoms with van der Waals surface area (Å²) in [5, 5.41) is 11.5. The van der Waals surface area contributed by atoms with Gasteiger partial charge in [0, 0.05) is 38.0 Å². The Balaban J connectivity index is 1.95. The number of pyridine rings is 1. The van der Waals surface area contributed by atoms with Crippen LogP contribution in [0.4, 0.5) is 11.6 Å². The quantitative estimate of drug-likeness (QED) is 0.800. The summed E-state index contributed by atoms with van der Waals surface area (Å²) in [6.45, 7) is 1.04. The predicted molar refractivity (Wildman–Crippen MR) is 77.3 cm³/mol. The van der Waals surface area contributed by atoms with Gasteiger partial charge in [0.15, 0.2) is 0 Å². The minimum Gasteiger partial charge on any atom is -0.359 e. The zero-order chi connectivity index (χ0) is 14.2. The van der Waals surface area contributed by atoms with Crippen LogP contribution in [0.2, 0.25) is 0 Å². The van der Waals surface area contributed by atoms with Crippen molar-refractivity contribution in [2.75, 3.05) is 30.4 Å². The number of hydrogen-bond donors (Lipinski definition) is 1. The van der Waals surface area contributed by atoms with Crippen LogP contribution in [0, 0.1) is 11.3 Å². The van der Waals surface area contributed by atoms with E-state index in [0.717, 1.165) is 24.5 Å². The third kappa shape index (κ3) is 3.92. The van der Waals surface area contributed by atoms with Crippen LogP contribution in [-0.4, -0.2) is 35.1 Å². The van der Waals surface area contributed by atoms with E-state index in [1.165, 1.54) is 6.33 Å². The summed E-state index contributed by atoms with van der Waals surface area (Å²) in [6.07, 6.45) is 4.14. The highest BCUT2D eigenvalue weighted by Gasteiger charge is 2.05. The van der Waals surface area contributed by atoms with Gasteiger partial charge < -0.3 is 10.2 Å². The van der Waals surface area contributed by atoms with Crippen LogP contribution >= 0.6 is 0 Å². The van der Waals surface area contributed by atoms with Gasteiger partial charge in [-0.25, -0.2) is 9.97 Å². The summed E-state index contributed by atoms with van der Waals surface area (Å²) in [5.41, 5.74) is 1.05. The third-order valence-corrected chi connectivity index (χ3v) is 2.82. The van der Waals surface area contributed by atoms with Crippen molar-refractivity contribution in [2.45, 2.75) is 6.42 Å². The Hall–Kier alpha value is -2.68. The van der Waals surface area contributed by atoms with Crippen LogP contribution in [-0.2, 0) is 6.42 Å². The molecular weight excluding hydrogens is 252 g/mol. The zero-order valence-electron chi connectivity index (χ0n) is 11.3. The molecule has 0 spiro atoms. The molecule has 6 heteroatoms. The van der Waals surface area contributed by atoms with Gasteiger partial charge in [0.05, 0.1) is 6.07 Å². The van der Waals surface area contributed by atoms with Crippen molar-refractivity contribution in [3.8, 4) is 6.07 Å². The average molecular weight is 268 g/mol. The summed E-state index contributed by atoms with van der Waals surface area (Å²) in [4.78, 5) is 14.6. The second-order valence-electron chi connectivity index (χ2n) is 4.27. The number of nitriles is 1. The lowest BCUT2D eigenvalue weighted by Gasteiger charge is -2.18. The minimum absolute atomic E-state index is 0.230. The van der Waals surface area contributed by atoms with Gasteiger partial charge in [0.25, 0.3) is 0 Å². The van der Waals surface area contributed by atoms with Gasteiger partial charge in [-0.1, -0.05) is 6.07 Å². The maximum atomic E-state index is 8.54. The van der Waals surface area contributed by atoms with Gasteiger partial charge >= 0.3 is 0 Å². The third-order valence-electron chi connectivity index (χ3n) is 2.82. The molecule has 0 fully saturated rings. The summed E-state index contributed by atoms with van der Waals surface area (Å²) in [5.74, 6) is 1.47. The molecule has 0 aliphatic heterocycles. The Morgan fingerprint density at radius 2 is 2.20 bits per heavy atom. The Labute approximate surface area is 118 Å². The van der Waals surface area contributed by atoms with Crippen LogP contribution in [0.3, 0.4) is 0 Å². The highest BCUT2D eigenvalue weighted by atomic mass is 15.2. The molecule has 0 unspecified atom stereocenters. The maximum absolute atomic E-state index is 8.54.